The van der Waals surface area contributed by atoms with Gasteiger partial charge in [0, 0.05) is 36.2 Å². The molecule has 2 saturated carbocycles. The summed E-state index contributed by atoms with van der Waals surface area (Å²) < 4.78 is 19.2. The topological polar surface area (TPSA) is 113 Å². The van der Waals surface area contributed by atoms with E-state index in [0.717, 1.165) is 23.1 Å². The second kappa shape index (κ2) is 7.97. The van der Waals surface area contributed by atoms with Crippen LogP contribution in [0.4, 0.5) is 15.0 Å². The van der Waals surface area contributed by atoms with Crippen molar-refractivity contribution in [3.63, 3.8) is 0 Å². The minimum atomic E-state index is -0.358. The number of nitrogens with one attached hydrogen (secondary N) is 3. The van der Waals surface area contributed by atoms with Gasteiger partial charge in [-0.2, -0.15) is 0 Å². The van der Waals surface area contributed by atoms with Crippen LogP contribution in [0.5, 0.6) is 17.2 Å². The summed E-state index contributed by atoms with van der Waals surface area (Å²) in [6.07, 6.45) is 3.35. The smallest absolute Gasteiger partial charge is 0.315 e. The molecule has 0 radical (unpaired) electrons. The van der Waals surface area contributed by atoms with E-state index in [1.807, 2.05) is 0 Å². The predicted molar refractivity (Wildman–Crippen MR) is 125 cm³/mol. The standard InChI is InChI=1S/C26H23FN4O4/c27-15-3-1-14(2-4-15)13-29-25(34)31-26-12-19(26)23(26)18-11-16(5-7-20(18)32)35-21-9-10-28-24-17(21)6-8-22(33)30-24/h1-5,7,9-11,19,23,32H,6,8,12-13H2,(H,28,30,33)(H2,29,31,34)/t19-,23+,26-/m0/s1. The molecule has 3 atom stereocenters. The van der Waals surface area contributed by atoms with Crippen LogP contribution in [-0.2, 0) is 17.8 Å². The maximum Gasteiger partial charge on any atom is 0.315 e. The first kappa shape index (κ1) is 21.4. The summed E-state index contributed by atoms with van der Waals surface area (Å²) in [7, 11) is 0. The van der Waals surface area contributed by atoms with E-state index < -0.39 is 0 Å². The molecule has 3 aliphatic rings. The lowest BCUT2D eigenvalue weighted by Crippen LogP contribution is -2.40. The number of aromatic nitrogens is 1. The summed E-state index contributed by atoms with van der Waals surface area (Å²) in [6, 6.07) is 12.5. The lowest BCUT2D eigenvalue weighted by Gasteiger charge is -2.20. The number of benzene rings is 2. The molecule has 6 rings (SSSR count). The number of amides is 3. The van der Waals surface area contributed by atoms with Crippen LogP contribution in [0.2, 0.25) is 0 Å². The summed E-state index contributed by atoms with van der Waals surface area (Å²) in [5.74, 6) is 1.73. The van der Waals surface area contributed by atoms with Crippen LogP contribution in [0.15, 0.2) is 54.7 Å². The molecule has 0 bridgehead atoms. The monoisotopic (exact) mass is 474 g/mol. The molecule has 1 aromatic heterocycles. The van der Waals surface area contributed by atoms with E-state index in [1.165, 1.54) is 12.1 Å². The lowest BCUT2D eigenvalue weighted by atomic mass is 9.99. The van der Waals surface area contributed by atoms with Crippen molar-refractivity contribution in [2.75, 3.05) is 5.32 Å². The highest BCUT2D eigenvalue weighted by atomic mass is 19.1. The highest BCUT2D eigenvalue weighted by Gasteiger charge is 2.80. The quantitative estimate of drug-likeness (QED) is 0.432. The van der Waals surface area contributed by atoms with Crippen LogP contribution in [0, 0.1) is 11.7 Å². The predicted octanol–water partition coefficient (Wildman–Crippen LogP) is 3.96. The third-order valence-electron chi connectivity index (χ3n) is 7.05. The molecular weight excluding hydrogens is 451 g/mol. The molecule has 0 unspecified atom stereocenters. The van der Waals surface area contributed by atoms with Crippen LogP contribution in [-0.4, -0.2) is 27.6 Å². The number of phenols is 1. The van der Waals surface area contributed by atoms with Gasteiger partial charge in [-0.1, -0.05) is 12.1 Å². The second-order valence-electron chi connectivity index (χ2n) is 9.27. The van der Waals surface area contributed by atoms with Gasteiger partial charge in [-0.15, -0.1) is 0 Å². The zero-order chi connectivity index (χ0) is 24.2. The van der Waals surface area contributed by atoms with Crippen molar-refractivity contribution in [1.82, 2.24) is 15.6 Å². The van der Waals surface area contributed by atoms with Crippen LogP contribution in [0.1, 0.15) is 35.4 Å². The van der Waals surface area contributed by atoms with Crippen molar-refractivity contribution in [3.8, 4) is 17.2 Å². The number of carbonyl (C=O) groups excluding carboxylic acids is 2. The molecule has 2 fully saturated rings. The number of hydrogen-bond acceptors (Lipinski definition) is 5. The summed E-state index contributed by atoms with van der Waals surface area (Å²) in [6.45, 7) is 0.294. The molecule has 178 valence electrons. The largest absolute Gasteiger partial charge is 0.508 e. The molecule has 8 nitrogen and oxygen atoms in total. The van der Waals surface area contributed by atoms with Gasteiger partial charge in [0.15, 0.2) is 0 Å². The number of fused-ring (bicyclic) bond motifs is 2. The van der Waals surface area contributed by atoms with Gasteiger partial charge in [-0.05, 0) is 60.7 Å². The molecule has 1 aliphatic heterocycles. The van der Waals surface area contributed by atoms with Crippen LogP contribution in [0.3, 0.4) is 0 Å². The van der Waals surface area contributed by atoms with Crippen LogP contribution in [0.25, 0.3) is 0 Å². The third kappa shape index (κ3) is 3.92. The van der Waals surface area contributed by atoms with Crippen LogP contribution < -0.4 is 20.7 Å². The van der Waals surface area contributed by atoms with E-state index in [-0.39, 0.29) is 40.9 Å². The highest BCUT2D eigenvalue weighted by Crippen LogP contribution is 2.77. The second-order valence-corrected chi connectivity index (χ2v) is 9.27. The number of pyridine rings is 1. The number of rotatable bonds is 6. The Labute approximate surface area is 200 Å². The zero-order valence-electron chi connectivity index (χ0n) is 18.7. The van der Waals surface area contributed by atoms with E-state index in [0.29, 0.717) is 36.7 Å². The Morgan fingerprint density at radius 2 is 2.03 bits per heavy atom. The number of anilines is 1. The average molecular weight is 474 g/mol. The number of hydrogen-bond donors (Lipinski definition) is 4. The Bertz CT molecular complexity index is 1350. The van der Waals surface area contributed by atoms with Crippen LogP contribution >= 0.6 is 0 Å². The minimum absolute atomic E-state index is 0.00765. The molecule has 4 N–H and O–H groups in total. The van der Waals surface area contributed by atoms with E-state index in [2.05, 4.69) is 20.9 Å². The fourth-order valence-electron chi connectivity index (χ4n) is 4.99. The van der Waals surface area contributed by atoms with E-state index in [4.69, 9.17) is 4.74 Å². The Morgan fingerprint density at radius 1 is 1.20 bits per heavy atom. The normalized spacial score (nSPS) is 23.4. The van der Waals surface area contributed by atoms with Crippen molar-refractivity contribution < 1.29 is 23.8 Å². The lowest BCUT2D eigenvalue weighted by molar-refractivity contribution is -0.116. The van der Waals surface area contributed by atoms with Crippen molar-refractivity contribution in [2.45, 2.75) is 37.3 Å². The van der Waals surface area contributed by atoms with Gasteiger partial charge in [0.25, 0.3) is 0 Å². The Hall–Kier alpha value is -4.14. The molecule has 2 aromatic carbocycles. The van der Waals surface area contributed by atoms with E-state index >= 15 is 0 Å². The summed E-state index contributed by atoms with van der Waals surface area (Å²) >= 11 is 0. The zero-order valence-corrected chi connectivity index (χ0v) is 18.7. The van der Waals surface area contributed by atoms with Crippen molar-refractivity contribution in [2.24, 2.45) is 5.92 Å². The van der Waals surface area contributed by atoms with E-state index in [1.54, 1.807) is 42.6 Å². The van der Waals surface area contributed by atoms with Gasteiger partial charge in [-0.25, -0.2) is 14.2 Å². The number of halogens is 1. The van der Waals surface area contributed by atoms with Gasteiger partial charge in [0.1, 0.15) is 28.9 Å². The first-order valence-electron chi connectivity index (χ1n) is 11.5. The number of aromatic hydroxyl groups is 1. The first-order chi connectivity index (χ1) is 16.9. The van der Waals surface area contributed by atoms with Gasteiger partial charge in [0.2, 0.25) is 5.91 Å². The summed E-state index contributed by atoms with van der Waals surface area (Å²) in [5.41, 5.74) is 2.02. The minimum Gasteiger partial charge on any atom is -0.508 e. The molecule has 3 amide bonds. The Morgan fingerprint density at radius 3 is 2.83 bits per heavy atom. The fraction of sp³-hybridized carbons (Fsp3) is 0.269. The number of nitrogens with zero attached hydrogens (tertiary/aromatic N) is 1. The SMILES string of the molecule is O=C1CCc2c(Oc3ccc(O)c([C@@H]4[C@@H]5C[C@@]45NC(=O)NCc4ccc(F)cc4)c3)ccnc2N1. The number of phenolic OH excluding ortho intramolecular Hbond substituents is 1. The number of urea groups is 1. The molecule has 9 heteroatoms. The maximum absolute atomic E-state index is 13.1. The maximum atomic E-state index is 13.1. The first-order valence-corrected chi connectivity index (χ1v) is 11.5. The molecular formula is C26H23FN4O4. The van der Waals surface area contributed by atoms with Gasteiger partial charge < -0.3 is 25.8 Å². The van der Waals surface area contributed by atoms with Gasteiger partial charge in [0.05, 0.1) is 5.54 Å². The number of ether oxygens (including phenoxy) is 1. The number of carbonyl (C=O) groups is 2. The summed E-state index contributed by atoms with van der Waals surface area (Å²) in [4.78, 5) is 28.4. The Kier molecular flexibility index (Phi) is 4.87. The molecule has 0 spiro atoms. The summed E-state index contributed by atoms with van der Waals surface area (Å²) in [5, 5.41) is 19.1. The Balaban J connectivity index is 1.13. The average Bonchev–Trinajstić information content (AvgIpc) is 3.70. The van der Waals surface area contributed by atoms with E-state index in [9.17, 15) is 19.1 Å². The van der Waals surface area contributed by atoms with Gasteiger partial charge in [-0.3, -0.25) is 4.79 Å². The van der Waals surface area contributed by atoms with Crippen molar-refractivity contribution in [1.29, 1.82) is 0 Å². The highest BCUT2D eigenvalue weighted by molar-refractivity contribution is 5.93. The fourth-order valence-corrected chi connectivity index (χ4v) is 4.99. The molecule has 0 saturated heterocycles. The third-order valence-corrected chi connectivity index (χ3v) is 7.05. The van der Waals surface area contributed by atoms with Crippen molar-refractivity contribution in [3.05, 3.63) is 77.2 Å². The molecule has 2 aliphatic carbocycles. The molecule has 35 heavy (non-hydrogen) atoms. The molecule has 2 heterocycles. The van der Waals surface area contributed by atoms with Gasteiger partial charge >= 0.3 is 6.03 Å². The van der Waals surface area contributed by atoms with Crippen molar-refractivity contribution >= 4 is 17.8 Å². The molecule has 3 aromatic rings.